The van der Waals surface area contributed by atoms with Crippen LogP contribution in [0.3, 0.4) is 0 Å². The zero-order valence-corrected chi connectivity index (χ0v) is 16.1. The zero-order chi connectivity index (χ0) is 18.0. The van der Waals surface area contributed by atoms with Gasteiger partial charge >= 0.3 is 0 Å². The van der Waals surface area contributed by atoms with Gasteiger partial charge in [0.1, 0.15) is 0 Å². The number of rotatable bonds is 4. The van der Waals surface area contributed by atoms with E-state index in [-0.39, 0.29) is 11.8 Å². The monoisotopic (exact) mass is 359 g/mol. The molecule has 2 heterocycles. The molecule has 0 saturated carbocycles. The van der Waals surface area contributed by atoms with E-state index >= 15 is 0 Å². The van der Waals surface area contributed by atoms with Gasteiger partial charge in [-0.3, -0.25) is 10.2 Å². The van der Waals surface area contributed by atoms with Gasteiger partial charge in [0, 0.05) is 43.5 Å². The fourth-order valence-electron chi connectivity index (χ4n) is 2.87. The van der Waals surface area contributed by atoms with Gasteiger partial charge in [0.2, 0.25) is 11.0 Å². The molecule has 0 radical (unpaired) electrons. The third kappa shape index (κ3) is 4.10. The largest absolute Gasteiger partial charge is 0.368 e. The molecular weight excluding hydrogens is 334 g/mol. The lowest BCUT2D eigenvalue weighted by Gasteiger charge is -2.36. The summed E-state index contributed by atoms with van der Waals surface area (Å²) in [4.78, 5) is 21.0. The van der Waals surface area contributed by atoms with Crippen molar-refractivity contribution in [3.05, 3.63) is 18.2 Å². The summed E-state index contributed by atoms with van der Waals surface area (Å²) in [7, 11) is 0. The minimum Gasteiger partial charge on any atom is -0.368 e. The summed E-state index contributed by atoms with van der Waals surface area (Å²) in [6.07, 6.45) is 0. The lowest BCUT2D eigenvalue weighted by Crippen LogP contribution is -2.49. The van der Waals surface area contributed by atoms with Gasteiger partial charge in [0.15, 0.2) is 0 Å². The normalized spacial score (nSPS) is 14.9. The van der Waals surface area contributed by atoms with Crippen molar-refractivity contribution in [2.24, 2.45) is 11.0 Å². The number of thiazole rings is 1. The van der Waals surface area contributed by atoms with Crippen LogP contribution in [0, 0.1) is 5.92 Å². The molecule has 1 aromatic heterocycles. The number of carbonyl (C=O) groups is 1. The number of amides is 1. The number of anilines is 2. The first-order valence-corrected chi connectivity index (χ1v) is 9.47. The number of benzene rings is 1. The topological polar surface area (TPSA) is 60.8 Å². The van der Waals surface area contributed by atoms with Gasteiger partial charge in [-0.15, -0.1) is 0 Å². The smallest absolute Gasteiger partial charge is 0.225 e. The molecule has 6 nitrogen and oxygen atoms in total. The van der Waals surface area contributed by atoms with Crippen LogP contribution in [0.4, 0.5) is 10.8 Å². The standard InChI is InChI=1S/C18H25N5OS/c1-12(2)17(24)23-9-7-22(8-10-23)14-5-6-15-16(11-14)25-18(19-15)21-20-13(3)4/h5-6,11-12H,7-10H2,1-4H3,(H,19,21). The van der Waals surface area contributed by atoms with Crippen LogP contribution in [0.15, 0.2) is 23.3 Å². The minimum absolute atomic E-state index is 0.0698. The maximum atomic E-state index is 12.1. The fourth-order valence-corrected chi connectivity index (χ4v) is 3.71. The van der Waals surface area contributed by atoms with Gasteiger partial charge in [-0.25, -0.2) is 4.98 Å². The average molecular weight is 359 g/mol. The first-order chi connectivity index (χ1) is 11.9. The third-order valence-corrected chi connectivity index (χ3v) is 5.12. The van der Waals surface area contributed by atoms with Crippen LogP contribution in [-0.4, -0.2) is 47.7 Å². The summed E-state index contributed by atoms with van der Waals surface area (Å²) < 4.78 is 1.14. The molecule has 1 saturated heterocycles. The second kappa shape index (κ2) is 7.39. The Morgan fingerprint density at radius 1 is 1.24 bits per heavy atom. The Bertz CT molecular complexity index is 786. The first kappa shape index (κ1) is 17.7. The van der Waals surface area contributed by atoms with E-state index in [1.807, 2.05) is 32.6 Å². The number of hydrogen-bond acceptors (Lipinski definition) is 6. The van der Waals surface area contributed by atoms with Crippen molar-refractivity contribution in [2.75, 3.05) is 36.5 Å². The Hall–Kier alpha value is -2.15. The molecule has 0 spiro atoms. The van der Waals surface area contributed by atoms with Gasteiger partial charge in [0.25, 0.3) is 0 Å². The summed E-state index contributed by atoms with van der Waals surface area (Å²) in [5.41, 5.74) is 6.14. The van der Waals surface area contributed by atoms with Crippen LogP contribution in [0.25, 0.3) is 10.2 Å². The van der Waals surface area contributed by atoms with Gasteiger partial charge in [-0.1, -0.05) is 25.2 Å². The lowest BCUT2D eigenvalue weighted by atomic mass is 10.1. The van der Waals surface area contributed by atoms with Crippen molar-refractivity contribution >= 4 is 44.0 Å². The van der Waals surface area contributed by atoms with Crippen LogP contribution >= 0.6 is 11.3 Å². The highest BCUT2D eigenvalue weighted by Gasteiger charge is 2.23. The van der Waals surface area contributed by atoms with E-state index < -0.39 is 0 Å². The molecule has 0 bridgehead atoms. The number of hydrazone groups is 1. The molecule has 25 heavy (non-hydrogen) atoms. The highest BCUT2D eigenvalue weighted by Crippen LogP contribution is 2.30. The lowest BCUT2D eigenvalue weighted by molar-refractivity contribution is -0.134. The highest BCUT2D eigenvalue weighted by molar-refractivity contribution is 7.22. The molecule has 1 fully saturated rings. The number of nitrogens with zero attached hydrogens (tertiary/aromatic N) is 4. The molecule has 1 aromatic carbocycles. The molecule has 0 atom stereocenters. The Morgan fingerprint density at radius 2 is 1.96 bits per heavy atom. The molecule has 3 rings (SSSR count). The van der Waals surface area contributed by atoms with Crippen molar-refractivity contribution in [3.63, 3.8) is 0 Å². The van der Waals surface area contributed by atoms with Gasteiger partial charge in [-0.2, -0.15) is 5.10 Å². The molecule has 0 unspecified atom stereocenters. The van der Waals surface area contributed by atoms with E-state index in [1.54, 1.807) is 11.3 Å². The summed E-state index contributed by atoms with van der Waals surface area (Å²) in [6, 6.07) is 6.35. The van der Waals surface area contributed by atoms with E-state index in [2.05, 4.69) is 38.6 Å². The van der Waals surface area contributed by atoms with Crippen LogP contribution < -0.4 is 10.3 Å². The summed E-state index contributed by atoms with van der Waals surface area (Å²) >= 11 is 1.61. The van der Waals surface area contributed by atoms with Crippen LogP contribution in [0.5, 0.6) is 0 Å². The Balaban J connectivity index is 1.70. The van der Waals surface area contributed by atoms with Gasteiger partial charge in [-0.05, 0) is 32.0 Å². The number of hydrogen-bond donors (Lipinski definition) is 1. The second-order valence-electron chi connectivity index (χ2n) is 6.81. The zero-order valence-electron chi connectivity index (χ0n) is 15.2. The molecule has 7 heteroatoms. The molecule has 0 aliphatic carbocycles. The minimum atomic E-state index is 0.0698. The second-order valence-corrected chi connectivity index (χ2v) is 7.84. The van der Waals surface area contributed by atoms with Crippen LogP contribution in [-0.2, 0) is 4.79 Å². The highest BCUT2D eigenvalue weighted by atomic mass is 32.1. The van der Waals surface area contributed by atoms with Crippen LogP contribution in [0.1, 0.15) is 27.7 Å². The molecular formula is C18H25N5OS. The molecule has 134 valence electrons. The molecule has 1 N–H and O–H groups in total. The van der Waals surface area contributed by atoms with Crippen molar-refractivity contribution in [1.82, 2.24) is 9.88 Å². The van der Waals surface area contributed by atoms with Crippen LogP contribution in [0.2, 0.25) is 0 Å². The van der Waals surface area contributed by atoms with Crippen molar-refractivity contribution in [3.8, 4) is 0 Å². The Labute approximate surface area is 152 Å². The number of fused-ring (bicyclic) bond motifs is 1. The SMILES string of the molecule is CC(C)=NNc1nc2ccc(N3CCN(C(=O)C(C)C)CC3)cc2s1. The average Bonchev–Trinajstić information content (AvgIpc) is 3.01. The maximum Gasteiger partial charge on any atom is 0.225 e. The van der Waals surface area contributed by atoms with Crippen molar-refractivity contribution in [2.45, 2.75) is 27.7 Å². The number of piperazine rings is 1. The van der Waals surface area contributed by atoms with Gasteiger partial charge in [0.05, 0.1) is 10.2 Å². The molecule has 1 aliphatic heterocycles. The van der Waals surface area contributed by atoms with Gasteiger partial charge < -0.3 is 9.80 Å². The quantitative estimate of drug-likeness (QED) is 0.671. The Morgan fingerprint density at radius 3 is 2.60 bits per heavy atom. The number of nitrogens with one attached hydrogen (secondary N) is 1. The first-order valence-electron chi connectivity index (χ1n) is 8.65. The Kier molecular flexibility index (Phi) is 5.22. The van der Waals surface area contributed by atoms with E-state index in [4.69, 9.17) is 0 Å². The predicted molar refractivity (Wildman–Crippen MR) is 106 cm³/mol. The molecule has 2 aromatic rings. The van der Waals surface area contributed by atoms with E-state index in [0.29, 0.717) is 0 Å². The van der Waals surface area contributed by atoms with E-state index in [0.717, 1.165) is 47.2 Å². The number of carbonyl (C=O) groups excluding carboxylic acids is 1. The molecule has 1 amide bonds. The van der Waals surface area contributed by atoms with E-state index in [1.165, 1.54) is 5.69 Å². The molecule has 1 aliphatic rings. The van der Waals surface area contributed by atoms with Crippen molar-refractivity contribution in [1.29, 1.82) is 0 Å². The summed E-state index contributed by atoms with van der Waals surface area (Å²) in [6.45, 7) is 11.1. The number of aromatic nitrogens is 1. The van der Waals surface area contributed by atoms with E-state index in [9.17, 15) is 4.79 Å². The van der Waals surface area contributed by atoms with Crippen molar-refractivity contribution < 1.29 is 4.79 Å². The maximum absolute atomic E-state index is 12.1. The summed E-state index contributed by atoms with van der Waals surface area (Å²) in [5.74, 6) is 0.320. The fraction of sp³-hybridized carbons (Fsp3) is 0.500. The predicted octanol–water partition coefficient (Wildman–Crippen LogP) is 3.41. The third-order valence-electron chi connectivity index (χ3n) is 4.20. The summed E-state index contributed by atoms with van der Waals surface area (Å²) in [5, 5.41) is 5.01.